The van der Waals surface area contributed by atoms with E-state index in [1.54, 1.807) is 6.07 Å². The maximum absolute atomic E-state index is 13.4. The fourth-order valence-electron chi connectivity index (χ4n) is 6.93. The third-order valence-corrected chi connectivity index (χ3v) is 10.1. The molecule has 31 heavy (non-hydrogen) atoms. The lowest BCUT2D eigenvalue weighted by atomic mass is 9.54. The minimum Gasteiger partial charge on any atom is -0.352 e. The third-order valence-electron chi connectivity index (χ3n) is 7.90. The Kier molecular flexibility index (Phi) is 5.50. The summed E-state index contributed by atoms with van der Waals surface area (Å²) >= 11 is 6.44. The zero-order chi connectivity index (χ0) is 21.9. The molecule has 8 heteroatoms. The molecule has 5 aliphatic rings. The van der Waals surface area contributed by atoms with Crippen LogP contribution in [0.2, 0.25) is 5.02 Å². The Balaban J connectivity index is 1.30. The molecule has 0 radical (unpaired) electrons. The molecule has 1 aliphatic heterocycles. The Labute approximate surface area is 190 Å². The van der Waals surface area contributed by atoms with Crippen LogP contribution in [-0.4, -0.2) is 44.3 Å². The van der Waals surface area contributed by atoms with E-state index >= 15 is 0 Å². The number of carbonyl (C=O) groups is 1. The predicted octanol–water partition coefficient (Wildman–Crippen LogP) is 3.65. The number of hydrogen-bond acceptors (Lipinski definition) is 3. The molecule has 1 aromatic carbocycles. The summed E-state index contributed by atoms with van der Waals surface area (Å²) in [7, 11) is -3.81. The number of halogens is 1. The van der Waals surface area contributed by atoms with Gasteiger partial charge in [0.25, 0.3) is 0 Å². The molecule has 1 aromatic rings. The summed E-state index contributed by atoms with van der Waals surface area (Å²) in [5.41, 5.74) is 2.35. The second-order valence-electron chi connectivity index (χ2n) is 10.2. The van der Waals surface area contributed by atoms with E-state index < -0.39 is 10.2 Å². The second-order valence-corrected chi connectivity index (χ2v) is 12.5. The fraction of sp³-hybridized carbons (Fsp3) is 0.696. The van der Waals surface area contributed by atoms with Crippen molar-refractivity contribution in [3.8, 4) is 0 Å². The highest BCUT2D eigenvalue weighted by atomic mass is 35.5. The quantitative estimate of drug-likeness (QED) is 0.737. The lowest BCUT2D eigenvalue weighted by Crippen LogP contribution is -2.58. The highest BCUT2D eigenvalue weighted by Gasteiger charge is 2.49. The van der Waals surface area contributed by atoms with E-state index in [1.165, 1.54) is 40.7 Å². The zero-order valence-corrected chi connectivity index (χ0v) is 19.9. The average molecular weight is 466 g/mol. The molecule has 4 bridgehead atoms. The first kappa shape index (κ1) is 21.5. The number of hydrogen-bond donors (Lipinski definition) is 1. The minimum atomic E-state index is -3.81. The Hall–Kier alpha value is -1.31. The molecule has 6 rings (SSSR count). The topological polar surface area (TPSA) is 69.7 Å². The Morgan fingerprint density at radius 3 is 2.32 bits per heavy atom. The maximum atomic E-state index is 13.4. The van der Waals surface area contributed by atoms with Gasteiger partial charge in [-0.3, -0.25) is 9.10 Å². The van der Waals surface area contributed by atoms with Crippen LogP contribution < -0.4 is 9.62 Å². The average Bonchev–Trinajstić information content (AvgIpc) is 2.66. The standard InChI is InChI=1S/C23H32ClN3O3S/c1-14-6-15(2)23(20(24)7-14)27-5-3-4-26(31(27,29)30)13-21(28)25-22-18-9-16-8-17(11-18)12-19(22)10-16/h6-7,16-19,22H,3-5,8-13H2,1-2H3,(H,25,28). The highest BCUT2D eigenvalue weighted by Crippen LogP contribution is 2.53. The molecule has 0 atom stereocenters. The van der Waals surface area contributed by atoms with E-state index in [9.17, 15) is 13.2 Å². The van der Waals surface area contributed by atoms with E-state index in [0.29, 0.717) is 42.1 Å². The van der Waals surface area contributed by atoms with Gasteiger partial charge in [0.2, 0.25) is 5.91 Å². The Morgan fingerprint density at radius 2 is 1.71 bits per heavy atom. The van der Waals surface area contributed by atoms with Crippen molar-refractivity contribution in [1.82, 2.24) is 9.62 Å². The number of anilines is 1. The van der Waals surface area contributed by atoms with Gasteiger partial charge in [-0.25, -0.2) is 0 Å². The van der Waals surface area contributed by atoms with Gasteiger partial charge in [-0.1, -0.05) is 17.7 Å². The van der Waals surface area contributed by atoms with Crippen molar-refractivity contribution >= 4 is 33.4 Å². The molecule has 1 amide bonds. The molecule has 5 fully saturated rings. The third kappa shape index (κ3) is 3.87. The van der Waals surface area contributed by atoms with Crippen molar-refractivity contribution in [3.63, 3.8) is 0 Å². The van der Waals surface area contributed by atoms with Crippen LogP contribution in [0.15, 0.2) is 12.1 Å². The van der Waals surface area contributed by atoms with Crippen molar-refractivity contribution in [3.05, 3.63) is 28.3 Å². The Morgan fingerprint density at radius 1 is 1.06 bits per heavy atom. The van der Waals surface area contributed by atoms with Gasteiger partial charge in [0, 0.05) is 19.1 Å². The smallest absolute Gasteiger partial charge is 0.304 e. The summed E-state index contributed by atoms with van der Waals surface area (Å²) in [6.45, 7) is 4.43. The van der Waals surface area contributed by atoms with Crippen molar-refractivity contribution in [2.24, 2.45) is 23.7 Å². The van der Waals surface area contributed by atoms with E-state index in [1.807, 2.05) is 19.9 Å². The number of benzene rings is 1. The summed E-state index contributed by atoms with van der Waals surface area (Å²) in [6, 6.07) is 3.95. The minimum absolute atomic E-state index is 0.121. The maximum Gasteiger partial charge on any atom is 0.304 e. The summed E-state index contributed by atoms with van der Waals surface area (Å²) < 4.78 is 29.5. The highest BCUT2D eigenvalue weighted by molar-refractivity contribution is 7.90. The van der Waals surface area contributed by atoms with Gasteiger partial charge < -0.3 is 5.32 Å². The normalized spacial score (nSPS) is 34.2. The second kappa shape index (κ2) is 7.92. The lowest BCUT2D eigenvalue weighted by Gasteiger charge is -2.54. The number of carbonyl (C=O) groups excluding carboxylic acids is 1. The van der Waals surface area contributed by atoms with Gasteiger partial charge in [0.1, 0.15) is 0 Å². The van der Waals surface area contributed by atoms with Crippen LogP contribution in [0.4, 0.5) is 5.69 Å². The molecule has 1 N–H and O–H groups in total. The van der Waals surface area contributed by atoms with Crippen molar-refractivity contribution < 1.29 is 13.2 Å². The summed E-state index contributed by atoms with van der Waals surface area (Å²) in [5.74, 6) is 2.66. The van der Waals surface area contributed by atoms with E-state index in [0.717, 1.165) is 23.0 Å². The van der Waals surface area contributed by atoms with Crippen LogP contribution in [0.3, 0.4) is 0 Å². The molecule has 6 nitrogen and oxygen atoms in total. The molecule has 4 aliphatic carbocycles. The van der Waals surface area contributed by atoms with Crippen LogP contribution in [-0.2, 0) is 15.0 Å². The SMILES string of the molecule is Cc1cc(C)c(N2CCCN(CC(=O)NC3C4CC5CC(C4)CC3C5)S2(=O)=O)c(Cl)c1. The lowest BCUT2D eigenvalue weighted by molar-refractivity contribution is -0.125. The predicted molar refractivity (Wildman–Crippen MR) is 122 cm³/mol. The van der Waals surface area contributed by atoms with Gasteiger partial charge >= 0.3 is 10.2 Å². The molecular weight excluding hydrogens is 434 g/mol. The van der Waals surface area contributed by atoms with Crippen LogP contribution in [0.25, 0.3) is 0 Å². The molecule has 170 valence electrons. The van der Waals surface area contributed by atoms with E-state index in [-0.39, 0.29) is 18.5 Å². The first-order valence-electron chi connectivity index (χ1n) is 11.6. The van der Waals surface area contributed by atoms with E-state index in [2.05, 4.69) is 5.32 Å². The molecular formula is C23H32ClN3O3S. The number of amides is 1. The summed E-state index contributed by atoms with van der Waals surface area (Å²) in [6.07, 6.45) is 6.92. The first-order valence-corrected chi connectivity index (χ1v) is 13.3. The number of rotatable bonds is 4. The van der Waals surface area contributed by atoms with Gasteiger partial charge in [-0.05, 0) is 93.2 Å². The van der Waals surface area contributed by atoms with Crippen LogP contribution >= 0.6 is 11.6 Å². The molecule has 4 saturated carbocycles. The Bertz CT molecular complexity index is 945. The summed E-state index contributed by atoms with van der Waals surface area (Å²) in [5, 5.41) is 3.67. The van der Waals surface area contributed by atoms with Gasteiger partial charge in [-0.15, -0.1) is 0 Å². The largest absolute Gasteiger partial charge is 0.352 e. The molecule has 1 saturated heterocycles. The van der Waals surface area contributed by atoms with Crippen LogP contribution in [0.1, 0.15) is 49.7 Å². The van der Waals surface area contributed by atoms with Gasteiger partial charge in [0.05, 0.1) is 17.3 Å². The summed E-state index contributed by atoms with van der Waals surface area (Å²) in [4.78, 5) is 13.0. The monoisotopic (exact) mass is 465 g/mol. The van der Waals surface area contributed by atoms with Crippen molar-refractivity contribution in [2.45, 2.75) is 58.4 Å². The van der Waals surface area contributed by atoms with Crippen LogP contribution in [0, 0.1) is 37.5 Å². The molecule has 1 heterocycles. The van der Waals surface area contributed by atoms with Crippen molar-refractivity contribution in [2.75, 3.05) is 23.9 Å². The van der Waals surface area contributed by atoms with Crippen molar-refractivity contribution in [1.29, 1.82) is 0 Å². The zero-order valence-electron chi connectivity index (χ0n) is 18.3. The van der Waals surface area contributed by atoms with E-state index in [4.69, 9.17) is 11.6 Å². The van der Waals surface area contributed by atoms with Gasteiger partial charge in [-0.2, -0.15) is 12.7 Å². The first-order chi connectivity index (χ1) is 14.7. The fourth-order valence-corrected chi connectivity index (χ4v) is 9.15. The number of nitrogens with zero attached hydrogens (tertiary/aromatic N) is 2. The molecule has 0 aromatic heterocycles. The number of nitrogens with one attached hydrogen (secondary N) is 1. The molecule has 0 spiro atoms. The molecule has 0 unspecified atom stereocenters. The number of aryl methyl sites for hydroxylation is 2. The van der Waals surface area contributed by atoms with Gasteiger partial charge in [0.15, 0.2) is 0 Å². The van der Waals surface area contributed by atoms with Crippen LogP contribution in [0.5, 0.6) is 0 Å².